The lowest BCUT2D eigenvalue weighted by Crippen LogP contribution is -2.07. The Labute approximate surface area is 157 Å². The van der Waals surface area contributed by atoms with Crippen LogP contribution in [0.3, 0.4) is 0 Å². The summed E-state index contributed by atoms with van der Waals surface area (Å²) < 4.78 is 4.00. The minimum atomic E-state index is 0.367. The molecule has 1 saturated carbocycles. The number of para-hydroxylation sites is 2. The quantitative estimate of drug-likeness (QED) is 0.562. The van der Waals surface area contributed by atoms with Gasteiger partial charge in [-0.2, -0.15) is 4.68 Å². The van der Waals surface area contributed by atoms with Crippen LogP contribution < -0.4 is 0 Å². The molecule has 136 valence electrons. The Kier molecular flexibility index (Phi) is 3.40. The average molecular weight is 359 g/mol. The molecule has 3 heterocycles. The van der Waals surface area contributed by atoms with Crippen LogP contribution in [0.25, 0.3) is 16.9 Å². The maximum absolute atomic E-state index is 4.86. The van der Waals surface area contributed by atoms with E-state index < -0.39 is 0 Å². The van der Waals surface area contributed by atoms with Crippen molar-refractivity contribution in [3.63, 3.8) is 0 Å². The van der Waals surface area contributed by atoms with E-state index in [1.807, 2.05) is 32.9 Å². The first-order valence-corrected chi connectivity index (χ1v) is 9.19. The number of aromatic nitrogens is 7. The molecule has 1 aliphatic rings. The Morgan fingerprint density at radius 2 is 1.74 bits per heavy atom. The molecule has 3 aromatic heterocycles. The summed E-state index contributed by atoms with van der Waals surface area (Å²) in [6.07, 6.45) is 1.06. The van der Waals surface area contributed by atoms with Gasteiger partial charge in [0.25, 0.3) is 0 Å². The Bertz CT molecular complexity index is 1170. The third kappa shape index (κ3) is 2.61. The normalized spacial score (nSPS) is 19.0. The summed E-state index contributed by atoms with van der Waals surface area (Å²) in [5.41, 5.74) is 3.28. The first kappa shape index (κ1) is 16.1. The third-order valence-corrected chi connectivity index (χ3v) is 5.26. The number of hydrogen-bond donors (Lipinski definition) is 0. The number of benzene rings is 1. The molecular weight excluding hydrogens is 338 g/mol. The summed E-state index contributed by atoms with van der Waals surface area (Å²) in [7, 11) is 2.10. The van der Waals surface area contributed by atoms with E-state index in [0.29, 0.717) is 11.8 Å². The van der Waals surface area contributed by atoms with Gasteiger partial charge in [-0.05, 0) is 39.3 Å². The highest BCUT2D eigenvalue weighted by Crippen LogP contribution is 2.54. The first-order valence-electron chi connectivity index (χ1n) is 9.19. The van der Waals surface area contributed by atoms with Crippen LogP contribution in [-0.4, -0.2) is 34.3 Å². The zero-order chi connectivity index (χ0) is 18.7. The van der Waals surface area contributed by atoms with Gasteiger partial charge in [0, 0.05) is 24.9 Å². The molecule has 4 aromatic rings. The average Bonchev–Trinajstić information content (AvgIpc) is 3.27. The molecule has 0 amide bonds. The summed E-state index contributed by atoms with van der Waals surface area (Å²) in [5, 5.41) is 4.46. The zero-order valence-electron chi connectivity index (χ0n) is 15.9. The van der Waals surface area contributed by atoms with Crippen LogP contribution in [0, 0.1) is 20.8 Å². The van der Waals surface area contributed by atoms with Gasteiger partial charge in [0.2, 0.25) is 0 Å². The van der Waals surface area contributed by atoms with Gasteiger partial charge in [-0.25, -0.2) is 19.9 Å². The number of nitrogens with zero attached hydrogens (tertiary/aromatic N) is 7. The Balaban J connectivity index is 1.51. The van der Waals surface area contributed by atoms with Crippen LogP contribution in [0.1, 0.15) is 47.2 Å². The van der Waals surface area contributed by atoms with Gasteiger partial charge in [0.05, 0.1) is 16.7 Å². The van der Waals surface area contributed by atoms with E-state index in [1.165, 1.54) is 5.52 Å². The Morgan fingerprint density at radius 1 is 0.926 bits per heavy atom. The van der Waals surface area contributed by atoms with Crippen molar-refractivity contribution in [1.82, 2.24) is 34.3 Å². The molecule has 0 bridgehead atoms. The molecule has 5 rings (SSSR count). The Hall–Kier alpha value is -3.09. The smallest absolute Gasteiger partial charge is 0.159 e. The maximum Gasteiger partial charge on any atom is 0.159 e. The molecule has 0 saturated heterocycles. The number of hydrogen-bond acceptors (Lipinski definition) is 5. The Morgan fingerprint density at radius 3 is 2.48 bits per heavy atom. The van der Waals surface area contributed by atoms with Crippen molar-refractivity contribution >= 4 is 11.0 Å². The van der Waals surface area contributed by atoms with Gasteiger partial charge in [-0.1, -0.05) is 12.1 Å². The number of imidazole rings is 1. The van der Waals surface area contributed by atoms with Crippen molar-refractivity contribution in [2.24, 2.45) is 7.05 Å². The number of rotatable bonds is 3. The van der Waals surface area contributed by atoms with E-state index in [9.17, 15) is 0 Å². The highest BCUT2D eigenvalue weighted by Gasteiger charge is 2.44. The second kappa shape index (κ2) is 5.70. The fourth-order valence-electron chi connectivity index (χ4n) is 3.91. The van der Waals surface area contributed by atoms with Gasteiger partial charge in [-0.3, -0.25) is 0 Å². The summed E-state index contributed by atoms with van der Waals surface area (Å²) in [6.45, 7) is 5.76. The molecule has 1 aliphatic carbocycles. The van der Waals surface area contributed by atoms with Crippen molar-refractivity contribution in [3.8, 4) is 5.82 Å². The van der Waals surface area contributed by atoms with Crippen molar-refractivity contribution in [2.75, 3.05) is 0 Å². The predicted octanol–water partition coefficient (Wildman–Crippen LogP) is 3.14. The van der Waals surface area contributed by atoms with Crippen LogP contribution in [-0.2, 0) is 7.05 Å². The maximum atomic E-state index is 4.86. The lowest BCUT2D eigenvalue weighted by atomic mass is 10.2. The van der Waals surface area contributed by atoms with Crippen molar-refractivity contribution < 1.29 is 0 Å². The van der Waals surface area contributed by atoms with E-state index in [-0.39, 0.29) is 0 Å². The van der Waals surface area contributed by atoms with Crippen molar-refractivity contribution in [1.29, 1.82) is 0 Å². The lowest BCUT2D eigenvalue weighted by molar-refractivity contribution is 0.768. The van der Waals surface area contributed by atoms with Crippen LogP contribution in [0.15, 0.2) is 30.3 Å². The van der Waals surface area contributed by atoms with E-state index in [1.54, 1.807) is 4.68 Å². The zero-order valence-corrected chi connectivity index (χ0v) is 15.9. The van der Waals surface area contributed by atoms with Crippen LogP contribution in [0.5, 0.6) is 0 Å². The fraction of sp³-hybridized carbons (Fsp3) is 0.350. The molecule has 27 heavy (non-hydrogen) atoms. The number of aryl methyl sites for hydroxylation is 4. The molecule has 1 aromatic carbocycles. The minimum Gasteiger partial charge on any atom is -0.331 e. The summed E-state index contributed by atoms with van der Waals surface area (Å²) in [5.74, 6) is 5.01. The molecule has 7 heteroatoms. The topological polar surface area (TPSA) is 74.3 Å². The SMILES string of the molecule is Cc1nc([C@@H]2CC2c2nc3ccccc3n2C)cc(-n2nc(C)nc2C)n1. The first-order chi connectivity index (χ1) is 13.0. The van der Waals surface area contributed by atoms with E-state index in [0.717, 1.165) is 46.7 Å². The van der Waals surface area contributed by atoms with E-state index in [4.69, 9.17) is 9.97 Å². The lowest BCUT2D eigenvalue weighted by Gasteiger charge is -2.07. The molecule has 1 unspecified atom stereocenters. The molecule has 7 nitrogen and oxygen atoms in total. The predicted molar refractivity (Wildman–Crippen MR) is 102 cm³/mol. The van der Waals surface area contributed by atoms with Crippen molar-refractivity contribution in [2.45, 2.75) is 39.0 Å². The highest BCUT2D eigenvalue weighted by molar-refractivity contribution is 5.76. The van der Waals surface area contributed by atoms with Crippen LogP contribution in [0.4, 0.5) is 0 Å². The van der Waals surface area contributed by atoms with Gasteiger partial charge < -0.3 is 4.57 Å². The third-order valence-electron chi connectivity index (χ3n) is 5.26. The molecule has 0 spiro atoms. The van der Waals surface area contributed by atoms with Gasteiger partial charge in [0.15, 0.2) is 5.82 Å². The minimum absolute atomic E-state index is 0.367. The second-order valence-corrected chi connectivity index (χ2v) is 7.28. The van der Waals surface area contributed by atoms with Crippen LogP contribution in [0.2, 0.25) is 0 Å². The van der Waals surface area contributed by atoms with E-state index in [2.05, 4.69) is 44.9 Å². The monoisotopic (exact) mass is 359 g/mol. The number of fused-ring (bicyclic) bond motifs is 1. The van der Waals surface area contributed by atoms with Gasteiger partial charge >= 0.3 is 0 Å². The summed E-state index contributed by atoms with van der Waals surface area (Å²) in [4.78, 5) is 18.5. The molecule has 2 atom stereocenters. The molecule has 0 radical (unpaired) electrons. The molecule has 1 fully saturated rings. The van der Waals surface area contributed by atoms with Gasteiger partial charge in [0.1, 0.15) is 23.3 Å². The largest absolute Gasteiger partial charge is 0.331 e. The fourth-order valence-corrected chi connectivity index (χ4v) is 3.91. The second-order valence-electron chi connectivity index (χ2n) is 7.28. The highest BCUT2D eigenvalue weighted by atomic mass is 15.4. The van der Waals surface area contributed by atoms with Gasteiger partial charge in [-0.15, -0.1) is 5.10 Å². The summed E-state index contributed by atoms with van der Waals surface area (Å²) >= 11 is 0. The molecular formula is C20H21N7. The van der Waals surface area contributed by atoms with E-state index >= 15 is 0 Å². The molecule has 0 N–H and O–H groups in total. The molecule has 0 aliphatic heterocycles. The van der Waals surface area contributed by atoms with Crippen LogP contribution >= 0.6 is 0 Å². The summed E-state index contributed by atoms with van der Waals surface area (Å²) in [6, 6.07) is 10.3. The van der Waals surface area contributed by atoms with Crippen molar-refractivity contribution in [3.05, 3.63) is 59.3 Å². The standard InChI is InChI=1S/C20H21N7/c1-11-22-17(10-19(23-11)27-13(3)21-12(2)25-27)14-9-15(14)20-24-16-7-5-6-8-18(16)26(20)4/h5-8,10,14-15H,9H2,1-4H3/t14-,15?/m1/s1.